The second kappa shape index (κ2) is 6.77. The zero-order chi connectivity index (χ0) is 18.1. The maximum atomic E-state index is 14.1. The van der Waals surface area contributed by atoms with Gasteiger partial charge in [-0.3, -0.25) is 0 Å². The molecule has 0 aliphatic rings. The van der Waals surface area contributed by atoms with Gasteiger partial charge in [0, 0.05) is 33.9 Å². The van der Waals surface area contributed by atoms with Crippen LogP contribution in [0.4, 0.5) is 10.1 Å². The Morgan fingerprint density at radius 3 is 2.81 bits per heavy atom. The molecule has 0 aliphatic carbocycles. The second-order valence-corrected chi connectivity index (χ2v) is 6.53. The summed E-state index contributed by atoms with van der Waals surface area (Å²) in [6.45, 7) is 1.81. The predicted octanol–water partition coefficient (Wildman–Crippen LogP) is 4.18. The largest absolute Gasteiger partial charge is 0.394 e. The van der Waals surface area contributed by atoms with Gasteiger partial charge in [0.2, 0.25) is 0 Å². The third-order valence-electron chi connectivity index (χ3n) is 4.64. The number of anilines is 1. The number of hydrogen-bond acceptors (Lipinski definition) is 3. The molecule has 0 spiro atoms. The van der Waals surface area contributed by atoms with Gasteiger partial charge < -0.3 is 15.4 Å². The first-order valence-corrected chi connectivity index (χ1v) is 8.64. The summed E-state index contributed by atoms with van der Waals surface area (Å²) in [6, 6.07) is 14.7. The number of aromatic amines is 1. The highest BCUT2D eigenvalue weighted by Gasteiger charge is 2.15. The minimum atomic E-state index is -0.341. The van der Waals surface area contributed by atoms with Crippen molar-refractivity contribution in [2.45, 2.75) is 19.4 Å². The van der Waals surface area contributed by atoms with Crippen molar-refractivity contribution in [1.29, 1.82) is 0 Å². The smallest absolute Gasteiger partial charge is 0.149 e. The average Bonchev–Trinajstić information content (AvgIpc) is 3.05. The summed E-state index contributed by atoms with van der Waals surface area (Å²) in [7, 11) is 0. The van der Waals surface area contributed by atoms with Gasteiger partial charge in [0.25, 0.3) is 0 Å². The van der Waals surface area contributed by atoms with Crippen molar-refractivity contribution in [2.24, 2.45) is 0 Å². The lowest BCUT2D eigenvalue weighted by Gasteiger charge is -2.19. The molecule has 0 saturated heterocycles. The number of halogens is 1. The SMILES string of the molecule is Cc1cc(NC(CO)Cc2c[nH]c3ccccc23)c2cccc(F)c2n1. The van der Waals surface area contributed by atoms with Crippen molar-refractivity contribution in [3.8, 4) is 0 Å². The topological polar surface area (TPSA) is 60.9 Å². The fraction of sp³-hybridized carbons (Fsp3) is 0.190. The van der Waals surface area contributed by atoms with Crippen LogP contribution in [-0.2, 0) is 6.42 Å². The zero-order valence-corrected chi connectivity index (χ0v) is 14.5. The third-order valence-corrected chi connectivity index (χ3v) is 4.64. The Labute approximate surface area is 150 Å². The van der Waals surface area contributed by atoms with Crippen LogP contribution in [0.15, 0.2) is 54.7 Å². The number of hydrogen-bond donors (Lipinski definition) is 3. The molecule has 3 N–H and O–H groups in total. The summed E-state index contributed by atoms with van der Waals surface area (Å²) < 4.78 is 14.1. The van der Waals surface area contributed by atoms with Gasteiger partial charge in [0.15, 0.2) is 0 Å². The molecule has 0 fully saturated rings. The highest BCUT2D eigenvalue weighted by molar-refractivity contribution is 5.92. The summed E-state index contributed by atoms with van der Waals surface area (Å²) in [4.78, 5) is 7.56. The van der Waals surface area contributed by atoms with Crippen LogP contribution in [0.1, 0.15) is 11.3 Å². The monoisotopic (exact) mass is 349 g/mol. The Morgan fingerprint density at radius 2 is 1.96 bits per heavy atom. The molecular formula is C21H20FN3O. The molecular weight excluding hydrogens is 329 g/mol. The Bertz CT molecular complexity index is 1070. The number of benzene rings is 2. The lowest BCUT2D eigenvalue weighted by Crippen LogP contribution is -2.26. The van der Waals surface area contributed by atoms with Crippen LogP contribution in [0.5, 0.6) is 0 Å². The van der Waals surface area contributed by atoms with Crippen molar-refractivity contribution in [3.05, 3.63) is 71.8 Å². The normalized spacial score (nSPS) is 12.6. The number of nitrogens with zero attached hydrogens (tertiary/aromatic N) is 1. The van der Waals surface area contributed by atoms with Gasteiger partial charge in [-0.15, -0.1) is 0 Å². The van der Waals surface area contributed by atoms with E-state index in [4.69, 9.17) is 0 Å². The van der Waals surface area contributed by atoms with E-state index < -0.39 is 0 Å². The van der Waals surface area contributed by atoms with E-state index in [0.717, 1.165) is 27.8 Å². The molecule has 26 heavy (non-hydrogen) atoms. The maximum Gasteiger partial charge on any atom is 0.149 e. The number of H-pyrrole nitrogens is 1. The summed E-state index contributed by atoms with van der Waals surface area (Å²) in [5.41, 5.74) is 4.07. The van der Waals surface area contributed by atoms with Crippen LogP contribution in [0.2, 0.25) is 0 Å². The van der Waals surface area contributed by atoms with Crippen molar-refractivity contribution in [1.82, 2.24) is 9.97 Å². The van der Waals surface area contributed by atoms with Gasteiger partial charge in [-0.2, -0.15) is 0 Å². The predicted molar refractivity (Wildman–Crippen MR) is 103 cm³/mol. The van der Waals surface area contributed by atoms with E-state index in [0.29, 0.717) is 17.3 Å². The summed E-state index contributed by atoms with van der Waals surface area (Å²) in [6.07, 6.45) is 2.63. The molecule has 0 radical (unpaired) electrons. The summed E-state index contributed by atoms with van der Waals surface area (Å²) in [5.74, 6) is -0.341. The van der Waals surface area contributed by atoms with Crippen molar-refractivity contribution < 1.29 is 9.50 Å². The van der Waals surface area contributed by atoms with Gasteiger partial charge in [-0.05, 0) is 37.1 Å². The molecule has 4 aromatic rings. The number of pyridine rings is 1. The van der Waals surface area contributed by atoms with Crippen LogP contribution in [-0.4, -0.2) is 27.7 Å². The number of aromatic nitrogens is 2. The van der Waals surface area contributed by atoms with Crippen molar-refractivity contribution in [3.63, 3.8) is 0 Å². The molecule has 0 saturated carbocycles. The van der Waals surface area contributed by atoms with Crippen LogP contribution < -0.4 is 5.32 Å². The Morgan fingerprint density at radius 1 is 1.15 bits per heavy atom. The number of fused-ring (bicyclic) bond motifs is 2. The summed E-state index contributed by atoms with van der Waals surface area (Å²) in [5, 5.41) is 15.1. The number of rotatable bonds is 5. The fourth-order valence-electron chi connectivity index (χ4n) is 3.41. The van der Waals surface area contributed by atoms with E-state index in [1.165, 1.54) is 6.07 Å². The standard InChI is InChI=1S/C21H20FN3O/c1-13-9-20(17-6-4-7-18(22)21(17)24-13)25-15(12-26)10-14-11-23-19-8-3-2-5-16(14)19/h2-9,11,15,23,26H,10,12H2,1H3,(H,24,25). The molecule has 2 aromatic carbocycles. The Kier molecular flexibility index (Phi) is 4.31. The first-order valence-electron chi connectivity index (χ1n) is 8.64. The Balaban J connectivity index is 1.67. The van der Waals surface area contributed by atoms with Crippen LogP contribution in [0, 0.1) is 12.7 Å². The van der Waals surface area contributed by atoms with Gasteiger partial charge in [-0.25, -0.2) is 9.37 Å². The molecule has 0 bridgehead atoms. The molecule has 0 amide bonds. The van der Waals surface area contributed by atoms with Gasteiger partial charge in [0.1, 0.15) is 11.3 Å². The number of aliphatic hydroxyl groups excluding tert-OH is 1. The molecule has 5 heteroatoms. The minimum Gasteiger partial charge on any atom is -0.394 e. The van der Waals surface area contributed by atoms with Gasteiger partial charge in [0.05, 0.1) is 12.6 Å². The van der Waals surface area contributed by atoms with Gasteiger partial charge in [-0.1, -0.05) is 30.3 Å². The van der Waals surface area contributed by atoms with Crippen LogP contribution in [0.25, 0.3) is 21.8 Å². The number of para-hydroxylation sites is 2. The van der Waals surface area contributed by atoms with Crippen molar-refractivity contribution >= 4 is 27.5 Å². The number of nitrogens with one attached hydrogen (secondary N) is 2. The second-order valence-electron chi connectivity index (χ2n) is 6.53. The maximum absolute atomic E-state index is 14.1. The minimum absolute atomic E-state index is 0.0301. The molecule has 0 aliphatic heterocycles. The number of aliphatic hydroxyl groups is 1. The highest BCUT2D eigenvalue weighted by Crippen LogP contribution is 2.27. The quantitative estimate of drug-likeness (QED) is 0.506. The van der Waals surface area contributed by atoms with E-state index in [1.807, 2.05) is 43.5 Å². The first kappa shape index (κ1) is 16.5. The molecule has 132 valence electrons. The molecule has 1 atom stereocenters. The first-order chi connectivity index (χ1) is 12.7. The van der Waals surface area contributed by atoms with E-state index >= 15 is 0 Å². The van der Waals surface area contributed by atoms with E-state index in [1.54, 1.807) is 6.07 Å². The van der Waals surface area contributed by atoms with Crippen LogP contribution in [0.3, 0.4) is 0 Å². The highest BCUT2D eigenvalue weighted by atomic mass is 19.1. The van der Waals surface area contributed by atoms with Crippen molar-refractivity contribution in [2.75, 3.05) is 11.9 Å². The van der Waals surface area contributed by atoms with E-state index in [-0.39, 0.29) is 18.5 Å². The lowest BCUT2D eigenvalue weighted by atomic mass is 10.0. The lowest BCUT2D eigenvalue weighted by molar-refractivity contribution is 0.274. The molecule has 2 aromatic heterocycles. The number of aryl methyl sites for hydroxylation is 1. The van der Waals surface area contributed by atoms with Crippen LogP contribution >= 0.6 is 0 Å². The molecule has 4 rings (SSSR count). The third kappa shape index (κ3) is 3.02. The molecule has 1 unspecified atom stereocenters. The zero-order valence-electron chi connectivity index (χ0n) is 14.5. The molecule has 4 nitrogen and oxygen atoms in total. The Hall–Kier alpha value is -2.92. The molecule has 2 heterocycles. The van der Waals surface area contributed by atoms with Gasteiger partial charge >= 0.3 is 0 Å². The summed E-state index contributed by atoms with van der Waals surface area (Å²) >= 11 is 0. The average molecular weight is 349 g/mol. The van der Waals surface area contributed by atoms with E-state index in [2.05, 4.69) is 21.4 Å². The van der Waals surface area contributed by atoms with E-state index in [9.17, 15) is 9.50 Å². The fourth-order valence-corrected chi connectivity index (χ4v) is 3.41.